The third-order valence-corrected chi connectivity index (χ3v) is 4.39. The first-order valence-corrected chi connectivity index (χ1v) is 8.31. The van der Waals surface area contributed by atoms with Gasteiger partial charge >= 0.3 is 6.09 Å². The monoisotopic (exact) mass is 339 g/mol. The van der Waals surface area contributed by atoms with E-state index in [0.29, 0.717) is 17.7 Å². The van der Waals surface area contributed by atoms with Gasteiger partial charge in [-0.3, -0.25) is 0 Å². The molecule has 0 N–H and O–H groups in total. The normalized spacial score (nSPS) is 27.0. The first kappa shape index (κ1) is 17.1. The summed E-state index contributed by atoms with van der Waals surface area (Å²) >= 11 is 0. The second-order valence-corrected chi connectivity index (χ2v) is 7.38. The molecule has 0 radical (unpaired) electrons. The number of nitrogens with zero attached hydrogens (tertiary/aromatic N) is 1. The number of halogens is 2. The van der Waals surface area contributed by atoms with E-state index >= 15 is 0 Å². The molecule has 0 aliphatic carbocycles. The highest BCUT2D eigenvalue weighted by Gasteiger charge is 2.41. The fourth-order valence-corrected chi connectivity index (χ4v) is 3.42. The average molecular weight is 339 g/mol. The van der Waals surface area contributed by atoms with E-state index < -0.39 is 23.7 Å². The fraction of sp³-hybridized carbons (Fsp3) is 0.611. The number of carbonyl (C=O) groups is 1. The maximum absolute atomic E-state index is 14.1. The topological polar surface area (TPSA) is 38.8 Å². The van der Waals surface area contributed by atoms with Crippen molar-refractivity contribution in [3.05, 3.63) is 35.1 Å². The second-order valence-electron chi connectivity index (χ2n) is 7.38. The Labute approximate surface area is 140 Å². The van der Waals surface area contributed by atoms with E-state index in [4.69, 9.17) is 9.47 Å². The molecule has 1 amide bonds. The van der Waals surface area contributed by atoms with E-state index in [1.807, 2.05) is 20.8 Å². The first-order chi connectivity index (χ1) is 11.3. The average Bonchev–Trinajstić information content (AvgIpc) is 2.96. The fourth-order valence-electron chi connectivity index (χ4n) is 3.42. The lowest BCUT2D eigenvalue weighted by Gasteiger charge is -2.37. The van der Waals surface area contributed by atoms with Crippen LogP contribution in [-0.2, 0) is 9.47 Å². The molecule has 1 saturated heterocycles. The molecule has 2 heterocycles. The minimum absolute atomic E-state index is 0.125. The van der Waals surface area contributed by atoms with Crippen molar-refractivity contribution >= 4 is 6.09 Å². The highest BCUT2D eigenvalue weighted by molar-refractivity contribution is 5.69. The minimum atomic E-state index is -1.34. The van der Waals surface area contributed by atoms with E-state index in [1.54, 1.807) is 11.0 Å². The quantitative estimate of drug-likeness (QED) is 0.765. The molecule has 3 atom stereocenters. The van der Waals surface area contributed by atoms with Crippen molar-refractivity contribution in [2.75, 3.05) is 13.2 Å². The van der Waals surface area contributed by atoms with Gasteiger partial charge in [0.05, 0.1) is 12.6 Å². The van der Waals surface area contributed by atoms with Crippen molar-refractivity contribution in [1.29, 1.82) is 0 Å². The third kappa shape index (κ3) is 3.38. The van der Waals surface area contributed by atoms with Gasteiger partial charge in [-0.05, 0) is 56.9 Å². The predicted molar refractivity (Wildman–Crippen MR) is 84.9 cm³/mol. The van der Waals surface area contributed by atoms with Crippen LogP contribution < -0.4 is 0 Å². The van der Waals surface area contributed by atoms with Gasteiger partial charge in [-0.2, -0.15) is 0 Å². The number of fused-ring (bicyclic) bond motifs is 1. The number of hydrogen-bond acceptors (Lipinski definition) is 3. The number of hydrogen-bond donors (Lipinski definition) is 0. The first-order valence-electron chi connectivity index (χ1n) is 8.31. The van der Waals surface area contributed by atoms with Crippen molar-refractivity contribution in [1.82, 2.24) is 4.90 Å². The van der Waals surface area contributed by atoms with Crippen LogP contribution in [0.5, 0.6) is 0 Å². The molecule has 3 rings (SSSR count). The molecular formula is C18H23F2NO3. The van der Waals surface area contributed by atoms with Crippen molar-refractivity contribution in [2.45, 2.75) is 57.5 Å². The van der Waals surface area contributed by atoms with Gasteiger partial charge in [0.25, 0.3) is 0 Å². The van der Waals surface area contributed by atoms with Crippen LogP contribution in [0.4, 0.5) is 13.6 Å². The van der Waals surface area contributed by atoms with Crippen LogP contribution in [0.25, 0.3) is 0 Å². The third-order valence-electron chi connectivity index (χ3n) is 4.39. The molecule has 1 fully saturated rings. The number of amides is 1. The van der Waals surface area contributed by atoms with Gasteiger partial charge in [0.2, 0.25) is 0 Å². The van der Waals surface area contributed by atoms with Crippen LogP contribution in [0.2, 0.25) is 0 Å². The Kier molecular flexibility index (Phi) is 4.51. The van der Waals surface area contributed by atoms with Crippen molar-refractivity contribution in [3.63, 3.8) is 0 Å². The minimum Gasteiger partial charge on any atom is -0.444 e. The van der Waals surface area contributed by atoms with Crippen molar-refractivity contribution in [3.8, 4) is 0 Å². The van der Waals surface area contributed by atoms with Crippen LogP contribution in [0.15, 0.2) is 18.2 Å². The summed E-state index contributed by atoms with van der Waals surface area (Å²) in [5, 5.41) is 0. The van der Waals surface area contributed by atoms with Crippen LogP contribution in [0.1, 0.15) is 57.0 Å². The molecule has 0 aromatic heterocycles. The van der Waals surface area contributed by atoms with Gasteiger partial charge in [0, 0.05) is 6.54 Å². The molecule has 0 saturated carbocycles. The summed E-state index contributed by atoms with van der Waals surface area (Å²) in [6.45, 7) is 5.91. The van der Waals surface area contributed by atoms with E-state index in [0.717, 1.165) is 12.8 Å². The standard InChI is InChI=1S/C18H23F2NO3/c1-18(2,3)24-17(22)21-8-4-5-15(21)16-12-7-6-11(19)9-13(12)14(20)10-23-16/h6-7,9,14-16H,4-5,8,10H2,1-3H3. The molecule has 2 aliphatic heterocycles. The predicted octanol–water partition coefficient (Wildman–Crippen LogP) is 4.31. The lowest BCUT2D eigenvalue weighted by Crippen LogP contribution is -2.44. The Balaban J connectivity index is 1.86. The highest BCUT2D eigenvalue weighted by atomic mass is 19.1. The Morgan fingerprint density at radius 3 is 2.79 bits per heavy atom. The maximum Gasteiger partial charge on any atom is 0.410 e. The smallest absolute Gasteiger partial charge is 0.410 e. The zero-order valence-corrected chi connectivity index (χ0v) is 14.2. The van der Waals surface area contributed by atoms with Crippen LogP contribution in [-0.4, -0.2) is 35.8 Å². The lowest BCUT2D eigenvalue weighted by molar-refractivity contribution is -0.0473. The maximum atomic E-state index is 14.1. The van der Waals surface area contributed by atoms with E-state index in [1.165, 1.54) is 12.1 Å². The molecule has 0 bridgehead atoms. The largest absolute Gasteiger partial charge is 0.444 e. The molecule has 1 aromatic carbocycles. The summed E-state index contributed by atoms with van der Waals surface area (Å²) in [6, 6.07) is 3.87. The zero-order valence-electron chi connectivity index (χ0n) is 14.2. The summed E-state index contributed by atoms with van der Waals surface area (Å²) < 4.78 is 38.7. The molecule has 1 aromatic rings. The summed E-state index contributed by atoms with van der Waals surface area (Å²) in [5.41, 5.74) is 0.362. The second kappa shape index (κ2) is 6.31. The Morgan fingerprint density at radius 1 is 1.33 bits per heavy atom. The summed E-state index contributed by atoms with van der Waals surface area (Å²) in [5.74, 6) is -0.465. The number of alkyl halides is 1. The molecule has 2 aliphatic rings. The molecule has 6 heteroatoms. The Morgan fingerprint density at radius 2 is 2.08 bits per heavy atom. The Hall–Kier alpha value is -1.69. The van der Waals surface area contributed by atoms with Gasteiger partial charge in [-0.15, -0.1) is 0 Å². The number of rotatable bonds is 1. The van der Waals surface area contributed by atoms with Gasteiger partial charge in [0.1, 0.15) is 23.7 Å². The van der Waals surface area contributed by atoms with Gasteiger partial charge in [-0.1, -0.05) is 6.07 Å². The SMILES string of the molecule is CC(C)(C)OC(=O)N1CCCC1C1OCC(F)c2cc(F)ccc21. The summed E-state index contributed by atoms with van der Waals surface area (Å²) in [7, 11) is 0. The number of likely N-dealkylation sites (tertiary alicyclic amines) is 1. The summed E-state index contributed by atoms with van der Waals surface area (Å²) in [6.07, 6.45) is -0.609. The number of ether oxygens (including phenoxy) is 2. The highest BCUT2D eigenvalue weighted by Crippen LogP contribution is 2.41. The van der Waals surface area contributed by atoms with Crippen LogP contribution in [0.3, 0.4) is 0 Å². The molecule has 3 unspecified atom stereocenters. The molecule has 132 valence electrons. The van der Waals surface area contributed by atoms with Crippen molar-refractivity contribution in [2.24, 2.45) is 0 Å². The van der Waals surface area contributed by atoms with Gasteiger partial charge in [0.15, 0.2) is 0 Å². The van der Waals surface area contributed by atoms with Gasteiger partial charge in [-0.25, -0.2) is 13.6 Å². The molecular weight excluding hydrogens is 316 g/mol. The van der Waals surface area contributed by atoms with E-state index in [2.05, 4.69) is 0 Å². The number of carbonyl (C=O) groups excluding carboxylic acids is 1. The van der Waals surface area contributed by atoms with Crippen LogP contribution in [0, 0.1) is 5.82 Å². The lowest BCUT2D eigenvalue weighted by atomic mass is 9.91. The summed E-state index contributed by atoms with van der Waals surface area (Å²) in [4.78, 5) is 14.1. The Bertz CT molecular complexity index is 629. The number of benzene rings is 1. The molecule has 4 nitrogen and oxygen atoms in total. The zero-order chi connectivity index (χ0) is 17.5. The van der Waals surface area contributed by atoms with E-state index in [-0.39, 0.29) is 18.7 Å². The molecule has 24 heavy (non-hydrogen) atoms. The molecule has 0 spiro atoms. The van der Waals surface area contributed by atoms with Crippen molar-refractivity contribution < 1.29 is 23.0 Å². The van der Waals surface area contributed by atoms with Crippen LogP contribution >= 0.6 is 0 Å². The van der Waals surface area contributed by atoms with E-state index in [9.17, 15) is 13.6 Å². The van der Waals surface area contributed by atoms with Gasteiger partial charge < -0.3 is 14.4 Å².